The maximum Gasteiger partial charge on any atom is 0.0717 e. The van der Waals surface area contributed by atoms with Gasteiger partial charge in [-0.2, -0.15) is 5.26 Å². The molecule has 4 nitrogen and oxygen atoms in total. The van der Waals surface area contributed by atoms with Gasteiger partial charge in [0, 0.05) is 36.3 Å². The standard InChI is InChI=1S/C13H18N4S/c1-10(7-17-8-11(6-14)9-17)16-18-13-4-2-12(15)3-5-13/h2-5,10-11,16H,7-9,15H2,1H3/t10-/m1/s1. The summed E-state index contributed by atoms with van der Waals surface area (Å²) in [5.41, 5.74) is 6.43. The molecule has 2 rings (SSSR count). The van der Waals surface area contributed by atoms with Crippen LogP contribution in [0.25, 0.3) is 0 Å². The van der Waals surface area contributed by atoms with E-state index in [1.807, 2.05) is 24.3 Å². The highest BCUT2D eigenvalue weighted by Crippen LogP contribution is 2.18. The highest BCUT2D eigenvalue weighted by molar-refractivity contribution is 7.97. The van der Waals surface area contributed by atoms with Gasteiger partial charge in [0.2, 0.25) is 0 Å². The Morgan fingerprint density at radius 2 is 2.17 bits per heavy atom. The molecule has 1 fully saturated rings. The fraction of sp³-hybridized carbons (Fsp3) is 0.462. The van der Waals surface area contributed by atoms with Crippen LogP contribution in [0, 0.1) is 17.2 Å². The first-order chi connectivity index (χ1) is 8.67. The number of nitrogens with two attached hydrogens (primary N) is 1. The van der Waals surface area contributed by atoms with Crippen LogP contribution in [0.3, 0.4) is 0 Å². The maximum atomic E-state index is 8.71. The van der Waals surface area contributed by atoms with E-state index in [4.69, 9.17) is 11.0 Å². The molecule has 1 aliphatic rings. The molecule has 1 aromatic rings. The lowest BCUT2D eigenvalue weighted by Crippen LogP contribution is -2.50. The van der Waals surface area contributed by atoms with E-state index in [0.717, 1.165) is 30.2 Å². The third-order valence-corrected chi connectivity index (χ3v) is 3.96. The van der Waals surface area contributed by atoms with Gasteiger partial charge in [0.05, 0.1) is 12.0 Å². The number of nitrogen functional groups attached to an aromatic ring is 1. The van der Waals surface area contributed by atoms with E-state index in [-0.39, 0.29) is 5.92 Å². The predicted molar refractivity (Wildman–Crippen MR) is 74.9 cm³/mol. The van der Waals surface area contributed by atoms with E-state index in [0.29, 0.717) is 6.04 Å². The lowest BCUT2D eigenvalue weighted by atomic mass is 10.0. The SMILES string of the molecule is C[C@H](CN1CC(C#N)C1)NSc1ccc(N)cc1. The lowest BCUT2D eigenvalue weighted by Gasteiger charge is -2.36. The van der Waals surface area contributed by atoms with E-state index in [2.05, 4.69) is 22.6 Å². The van der Waals surface area contributed by atoms with Crippen molar-refractivity contribution in [1.29, 1.82) is 5.26 Å². The Balaban J connectivity index is 1.67. The fourth-order valence-electron chi connectivity index (χ4n) is 1.93. The van der Waals surface area contributed by atoms with Gasteiger partial charge in [-0.3, -0.25) is 9.62 Å². The highest BCUT2D eigenvalue weighted by atomic mass is 32.2. The van der Waals surface area contributed by atoms with Crippen LogP contribution in [-0.4, -0.2) is 30.6 Å². The topological polar surface area (TPSA) is 65.1 Å². The predicted octanol–water partition coefficient (Wildman–Crippen LogP) is 1.71. The summed E-state index contributed by atoms with van der Waals surface area (Å²) in [5, 5.41) is 8.71. The Morgan fingerprint density at radius 3 is 2.78 bits per heavy atom. The van der Waals surface area contributed by atoms with Crippen molar-refractivity contribution in [2.45, 2.75) is 17.9 Å². The number of rotatable bonds is 5. The first-order valence-electron chi connectivity index (χ1n) is 6.07. The second-order valence-corrected chi connectivity index (χ2v) is 5.65. The van der Waals surface area contributed by atoms with Gasteiger partial charge in [-0.1, -0.05) is 0 Å². The van der Waals surface area contributed by atoms with Gasteiger partial charge in [-0.15, -0.1) is 0 Å². The average molecular weight is 262 g/mol. The van der Waals surface area contributed by atoms with Crippen molar-refractivity contribution >= 4 is 17.6 Å². The molecule has 1 aromatic carbocycles. The van der Waals surface area contributed by atoms with Gasteiger partial charge >= 0.3 is 0 Å². The number of anilines is 1. The van der Waals surface area contributed by atoms with E-state index in [9.17, 15) is 0 Å². The molecule has 1 atom stereocenters. The van der Waals surface area contributed by atoms with Crippen molar-refractivity contribution in [2.24, 2.45) is 5.92 Å². The van der Waals surface area contributed by atoms with Gasteiger partial charge < -0.3 is 5.73 Å². The van der Waals surface area contributed by atoms with E-state index in [1.165, 1.54) is 0 Å². The third kappa shape index (κ3) is 3.64. The number of nitriles is 1. The summed E-state index contributed by atoms with van der Waals surface area (Å²) in [4.78, 5) is 3.46. The summed E-state index contributed by atoms with van der Waals surface area (Å²) in [6, 6.07) is 10.5. The normalized spacial score (nSPS) is 18.0. The van der Waals surface area contributed by atoms with Crippen molar-refractivity contribution in [3.8, 4) is 6.07 Å². The third-order valence-electron chi connectivity index (χ3n) is 2.93. The van der Waals surface area contributed by atoms with Crippen LogP contribution < -0.4 is 10.5 Å². The lowest BCUT2D eigenvalue weighted by molar-refractivity contribution is 0.127. The molecule has 0 amide bonds. The van der Waals surface area contributed by atoms with E-state index in [1.54, 1.807) is 11.9 Å². The van der Waals surface area contributed by atoms with Gasteiger partial charge in [-0.05, 0) is 43.1 Å². The Kier molecular flexibility index (Phi) is 4.48. The van der Waals surface area contributed by atoms with Crippen LogP contribution in [0.15, 0.2) is 29.2 Å². The highest BCUT2D eigenvalue weighted by Gasteiger charge is 2.26. The van der Waals surface area contributed by atoms with Crippen LogP contribution in [0.2, 0.25) is 0 Å². The first kappa shape index (κ1) is 13.2. The van der Waals surface area contributed by atoms with Crippen LogP contribution in [0.5, 0.6) is 0 Å². The molecule has 0 aliphatic carbocycles. The molecule has 0 unspecified atom stereocenters. The van der Waals surface area contributed by atoms with E-state index < -0.39 is 0 Å². The number of benzene rings is 1. The van der Waals surface area contributed by atoms with Gasteiger partial charge in [-0.25, -0.2) is 0 Å². The second-order valence-electron chi connectivity index (χ2n) is 4.73. The monoisotopic (exact) mass is 262 g/mol. The first-order valence-corrected chi connectivity index (χ1v) is 6.89. The molecule has 0 spiro atoms. The zero-order chi connectivity index (χ0) is 13.0. The fourth-order valence-corrected chi connectivity index (χ4v) is 2.61. The molecule has 0 radical (unpaired) electrons. The van der Waals surface area contributed by atoms with Crippen molar-refractivity contribution < 1.29 is 0 Å². The average Bonchev–Trinajstić information content (AvgIpc) is 2.32. The van der Waals surface area contributed by atoms with Crippen molar-refractivity contribution in [3.05, 3.63) is 24.3 Å². The quantitative estimate of drug-likeness (QED) is 0.624. The molecule has 3 N–H and O–H groups in total. The smallest absolute Gasteiger partial charge is 0.0717 e. The largest absolute Gasteiger partial charge is 0.399 e. The molecule has 1 saturated heterocycles. The van der Waals surface area contributed by atoms with Crippen LogP contribution in [-0.2, 0) is 0 Å². The van der Waals surface area contributed by atoms with Gasteiger partial charge in [0.15, 0.2) is 0 Å². The van der Waals surface area contributed by atoms with Crippen molar-refractivity contribution in [3.63, 3.8) is 0 Å². The van der Waals surface area contributed by atoms with Crippen LogP contribution in [0.4, 0.5) is 5.69 Å². The van der Waals surface area contributed by atoms with E-state index >= 15 is 0 Å². The zero-order valence-electron chi connectivity index (χ0n) is 10.5. The Hall–Kier alpha value is -1.22. The Labute approximate surface area is 112 Å². The number of hydrogen-bond acceptors (Lipinski definition) is 5. The maximum absolute atomic E-state index is 8.71. The molecule has 18 heavy (non-hydrogen) atoms. The summed E-state index contributed by atoms with van der Waals surface area (Å²) < 4.78 is 3.40. The molecule has 0 bridgehead atoms. The minimum atomic E-state index is 0.238. The Bertz CT molecular complexity index is 420. The molecular formula is C13H18N4S. The molecular weight excluding hydrogens is 244 g/mol. The molecule has 1 aliphatic heterocycles. The molecule has 5 heteroatoms. The van der Waals surface area contributed by atoms with Crippen molar-refractivity contribution in [1.82, 2.24) is 9.62 Å². The summed E-state index contributed by atoms with van der Waals surface area (Å²) in [6.07, 6.45) is 0. The summed E-state index contributed by atoms with van der Waals surface area (Å²) in [7, 11) is 0. The van der Waals surface area contributed by atoms with Gasteiger partial charge in [0.1, 0.15) is 0 Å². The summed E-state index contributed by atoms with van der Waals surface area (Å²) >= 11 is 1.62. The summed E-state index contributed by atoms with van der Waals surface area (Å²) in [6.45, 7) is 4.97. The van der Waals surface area contributed by atoms with Gasteiger partial charge in [0.25, 0.3) is 0 Å². The molecule has 0 aromatic heterocycles. The Morgan fingerprint density at radius 1 is 1.50 bits per heavy atom. The molecule has 96 valence electrons. The number of nitrogens with zero attached hydrogens (tertiary/aromatic N) is 2. The minimum Gasteiger partial charge on any atom is -0.399 e. The van der Waals surface area contributed by atoms with Crippen LogP contribution >= 0.6 is 11.9 Å². The number of nitrogens with one attached hydrogen (secondary N) is 1. The molecule has 0 saturated carbocycles. The number of likely N-dealkylation sites (tertiary alicyclic amines) is 1. The van der Waals surface area contributed by atoms with Crippen molar-refractivity contribution in [2.75, 3.05) is 25.4 Å². The minimum absolute atomic E-state index is 0.238. The summed E-state index contributed by atoms with van der Waals surface area (Å²) in [5.74, 6) is 0.238. The second kappa shape index (κ2) is 6.10. The molecule has 1 heterocycles. The zero-order valence-corrected chi connectivity index (χ0v) is 11.3. The number of hydrogen-bond donors (Lipinski definition) is 2. The van der Waals surface area contributed by atoms with Crippen LogP contribution in [0.1, 0.15) is 6.92 Å².